The predicted molar refractivity (Wildman–Crippen MR) is 252 cm³/mol. The molecule has 9 unspecified atom stereocenters. The van der Waals surface area contributed by atoms with Gasteiger partial charge in [-0.2, -0.15) is 19.3 Å². The third kappa shape index (κ3) is 9.96. The number of carbonyl (C=O) groups excluding carboxylic acids is 1. The van der Waals surface area contributed by atoms with E-state index < -0.39 is 17.8 Å². The summed E-state index contributed by atoms with van der Waals surface area (Å²) in [5.74, 6) is 5.11. The molecule has 376 valence electrons. The van der Waals surface area contributed by atoms with Gasteiger partial charge in [-0.1, -0.05) is 145 Å². The van der Waals surface area contributed by atoms with E-state index in [0.29, 0.717) is 35.5 Å². The molecule has 5 aliphatic carbocycles. The summed E-state index contributed by atoms with van der Waals surface area (Å²) in [6.45, 7) is 37.8. The summed E-state index contributed by atoms with van der Waals surface area (Å²) in [6, 6.07) is 0. The van der Waals surface area contributed by atoms with Gasteiger partial charge in [-0.15, -0.1) is 0 Å². The minimum Gasteiger partial charge on any atom is -0.544 e. The zero-order valence-corrected chi connectivity index (χ0v) is 51.7. The Morgan fingerprint density at radius 3 is 1.97 bits per heavy atom. The largest absolute Gasteiger partial charge is 0.544 e. The van der Waals surface area contributed by atoms with Gasteiger partial charge in [0.2, 0.25) is 0 Å². The van der Waals surface area contributed by atoms with Gasteiger partial charge in [0.05, 0.1) is 24.4 Å². The third-order valence-electron chi connectivity index (χ3n) is 21.5. The molecule has 7 nitrogen and oxygen atoms in total. The minimum absolute atomic E-state index is 0. The quantitative estimate of drug-likeness (QED) is 0.136. The van der Waals surface area contributed by atoms with Crippen LogP contribution in [0.4, 0.5) is 0 Å². The second-order valence-corrected chi connectivity index (χ2v) is 24.8. The number of hydrogen-bond acceptors (Lipinski definition) is 7. The van der Waals surface area contributed by atoms with Gasteiger partial charge < -0.3 is 47.1 Å². The van der Waals surface area contributed by atoms with E-state index in [4.69, 9.17) is 28.4 Å². The molecule has 7 fully saturated rings. The van der Waals surface area contributed by atoms with Crippen LogP contribution in [-0.4, -0.2) is 61.8 Å². The van der Waals surface area contributed by atoms with E-state index in [1.54, 1.807) is 5.57 Å². The Morgan fingerprint density at radius 1 is 0.742 bits per heavy atom. The van der Waals surface area contributed by atoms with Crippen LogP contribution in [-0.2, 0) is 106 Å². The molecule has 0 aromatic heterocycles. The van der Waals surface area contributed by atoms with E-state index in [9.17, 15) is 4.79 Å². The molecular weight excluding hydrogens is 1110 g/mol. The molecule has 0 N–H and O–H groups in total. The standard InChI is InChI=1S/C55H89O7.CH3.V.W.Y/c1-17-43-33(5)31(3)35(7)49(59-43)62-47-46(61-48-34(6)30(2)32(4)38(10)57-48)36(8)39(11)58-50(47)60-44-21-22-52(14)40(37(44)9)20-23-54(16)45(52)19-18-41-42-28-51(12,13)24-26-55(42,29-56)27-25-53(41,54)15;;;;/h18,27,30-36,38-40,42-50H,17,19-26,28H2,1-16H3;1H3;;;/q-3;-1;;;/t30?,31-,32+,33+,34?,35?,36+,38-,39?,40-,42?,43?,44-,45?,46-,47?,48+,49-,50-,52?,53+,54-,55+;;;;/m0..../s1. The molecule has 3 heterocycles. The Kier molecular flexibility index (Phi) is 20.2. The molecule has 0 aromatic carbocycles. The van der Waals surface area contributed by atoms with Gasteiger partial charge >= 0.3 is 0 Å². The Balaban J connectivity index is 0.00000238. The number of hydrogen-bond donors (Lipinski definition) is 0. The fourth-order valence-corrected chi connectivity index (χ4v) is 15.6. The summed E-state index contributed by atoms with van der Waals surface area (Å²) in [5.41, 5.74) is 1.77. The number of allylic oxidation sites excluding steroid dienone is 2. The van der Waals surface area contributed by atoms with Gasteiger partial charge in [-0.3, -0.25) is 17.6 Å². The van der Waals surface area contributed by atoms with E-state index in [1.807, 2.05) is 0 Å². The minimum atomic E-state index is -0.603. The van der Waals surface area contributed by atoms with Gasteiger partial charge in [0, 0.05) is 90.1 Å². The smallest absolute Gasteiger partial charge is 0.184 e. The molecule has 3 aliphatic heterocycles. The summed E-state index contributed by atoms with van der Waals surface area (Å²) < 4.78 is 42.5. The summed E-state index contributed by atoms with van der Waals surface area (Å²) in [5, 5.41) is 0. The summed E-state index contributed by atoms with van der Waals surface area (Å²) in [7, 11) is 0. The van der Waals surface area contributed by atoms with Crippen molar-refractivity contribution in [3.63, 3.8) is 0 Å². The van der Waals surface area contributed by atoms with Crippen LogP contribution in [0.5, 0.6) is 0 Å². The summed E-state index contributed by atoms with van der Waals surface area (Å²) in [6.07, 6.45) is 16.4. The van der Waals surface area contributed by atoms with Gasteiger partial charge in [0.1, 0.15) is 6.10 Å². The van der Waals surface area contributed by atoms with Crippen molar-refractivity contribution in [1.29, 1.82) is 0 Å². The first-order valence-corrected chi connectivity index (χ1v) is 25.8. The molecule has 0 bridgehead atoms. The van der Waals surface area contributed by atoms with E-state index in [2.05, 4.69) is 130 Å². The van der Waals surface area contributed by atoms with Crippen molar-refractivity contribution >= 4 is 6.29 Å². The van der Waals surface area contributed by atoms with E-state index >= 15 is 0 Å². The average molecular weight is 1200 g/mol. The molecule has 0 amide bonds. The first-order valence-electron chi connectivity index (χ1n) is 25.8. The monoisotopic (exact) mass is 1200 g/mol. The fraction of sp³-hybridized carbons (Fsp3) is 0.893. The SMILES string of the molecule is CCC1O[C@@H](OC2[C@H](O[C@H]3CCC4(C)C5CC=C6C7CC(C)(C)CC[C@]7([C-]=O)[CH-]C[C@@]6(C)[C@@]5(C)CC[C@H]4[C-]3C)OC(C)[C@@H](C)[C@@H]2O[C@H]2O[C@@H](C)[C@H](C)C(C)C2C)C(C)[C@@H](C)[C@H]1C.[CH3-].[V].[W].[Y]. The molecule has 10 heteroatoms. The topological polar surface area (TPSA) is 72.5 Å². The van der Waals surface area contributed by atoms with E-state index in [-0.39, 0.29) is 168 Å². The van der Waals surface area contributed by atoms with Crippen LogP contribution in [0.15, 0.2) is 11.6 Å². The Bertz CT molecular complexity index is 1660. The summed E-state index contributed by atoms with van der Waals surface area (Å²) >= 11 is 0. The molecular formula is C56H92O7VWY-4. The Hall–Kier alpha value is 1.55. The summed E-state index contributed by atoms with van der Waals surface area (Å²) in [4.78, 5) is 12.9. The van der Waals surface area contributed by atoms with Crippen molar-refractivity contribution in [2.45, 2.75) is 230 Å². The molecule has 66 heavy (non-hydrogen) atoms. The fourth-order valence-electron chi connectivity index (χ4n) is 15.6. The van der Waals surface area contributed by atoms with Crippen LogP contribution in [0.1, 0.15) is 175 Å². The number of ether oxygens (including phenoxy) is 6. The maximum absolute atomic E-state index is 12.9. The van der Waals surface area contributed by atoms with Crippen molar-refractivity contribution in [2.75, 3.05) is 0 Å². The van der Waals surface area contributed by atoms with Crippen LogP contribution in [0.2, 0.25) is 0 Å². The molecule has 2 radical (unpaired) electrons. The molecule has 0 aromatic rings. The zero-order chi connectivity index (χ0) is 45.1. The Morgan fingerprint density at radius 2 is 1.33 bits per heavy atom. The van der Waals surface area contributed by atoms with Gasteiger partial charge in [-0.05, 0) is 91.8 Å². The number of rotatable bonds is 8. The van der Waals surface area contributed by atoms with Gasteiger partial charge in [0.15, 0.2) is 18.9 Å². The molecule has 8 aliphatic rings. The van der Waals surface area contributed by atoms with Crippen molar-refractivity contribution in [3.05, 3.63) is 31.4 Å². The molecule has 23 atom stereocenters. The second-order valence-electron chi connectivity index (χ2n) is 24.8. The maximum atomic E-state index is 12.9. The third-order valence-corrected chi connectivity index (χ3v) is 21.5. The predicted octanol–water partition coefficient (Wildman–Crippen LogP) is 13.0. The van der Waals surface area contributed by atoms with Crippen LogP contribution in [0.3, 0.4) is 0 Å². The van der Waals surface area contributed by atoms with Crippen LogP contribution in [0.25, 0.3) is 0 Å². The van der Waals surface area contributed by atoms with Crippen molar-refractivity contribution in [1.82, 2.24) is 0 Å². The van der Waals surface area contributed by atoms with Crippen molar-refractivity contribution in [2.24, 2.45) is 86.3 Å². The van der Waals surface area contributed by atoms with Gasteiger partial charge in [-0.25, -0.2) is 0 Å². The normalized spacial score (nSPS) is 52.1. The Labute approximate surface area is 456 Å². The molecule has 0 spiro atoms. The molecule has 3 saturated heterocycles. The molecule has 8 rings (SSSR count). The van der Waals surface area contributed by atoms with Crippen molar-refractivity contribution in [3.8, 4) is 0 Å². The van der Waals surface area contributed by atoms with Crippen LogP contribution in [0, 0.1) is 106 Å². The first-order chi connectivity index (χ1) is 29.1. The second kappa shape index (κ2) is 22.2. The van der Waals surface area contributed by atoms with Gasteiger partial charge in [0.25, 0.3) is 0 Å². The molecule has 4 saturated carbocycles. The average Bonchev–Trinajstić information content (AvgIpc) is 3.23. The maximum Gasteiger partial charge on any atom is 0.184 e. The zero-order valence-electron chi connectivity index (χ0n) is 44.5. The number of fused-ring (bicyclic) bond motifs is 7. The van der Waals surface area contributed by atoms with E-state index in [0.717, 1.165) is 57.8 Å². The van der Waals surface area contributed by atoms with Crippen molar-refractivity contribution < 1.29 is 106 Å². The van der Waals surface area contributed by atoms with Crippen LogP contribution >= 0.6 is 0 Å². The first kappa shape index (κ1) is 60.1. The van der Waals surface area contributed by atoms with Crippen LogP contribution < -0.4 is 0 Å². The van der Waals surface area contributed by atoms with E-state index in [1.165, 1.54) is 12.3 Å².